The predicted octanol–water partition coefficient (Wildman–Crippen LogP) is 2.47. The van der Waals surface area contributed by atoms with Gasteiger partial charge in [0, 0.05) is 25.6 Å². The number of morpholine rings is 1. The molecule has 2 fully saturated rings. The van der Waals surface area contributed by atoms with Gasteiger partial charge in [0.15, 0.2) is 0 Å². The van der Waals surface area contributed by atoms with Crippen molar-refractivity contribution in [1.29, 1.82) is 0 Å². The smallest absolute Gasteiger partial charge is 0.245 e. The molecule has 1 saturated heterocycles. The summed E-state index contributed by atoms with van der Waals surface area (Å²) < 4.78 is 33.2. The number of carbonyl (C=O) groups excluding carboxylic acids is 2. The number of ether oxygens (including phenoxy) is 1. The minimum Gasteiger partial charge on any atom is -0.378 e. The van der Waals surface area contributed by atoms with Crippen LogP contribution in [0.25, 0.3) is 0 Å². The molecule has 2 aliphatic rings. The van der Waals surface area contributed by atoms with Gasteiger partial charge >= 0.3 is 0 Å². The highest BCUT2D eigenvalue weighted by Gasteiger charge is 2.32. The molecular formula is C25H39N3O5S. The van der Waals surface area contributed by atoms with Gasteiger partial charge in [0.25, 0.3) is 0 Å². The molecule has 1 aromatic carbocycles. The number of carbonyl (C=O) groups is 2. The van der Waals surface area contributed by atoms with E-state index in [0.717, 1.165) is 18.4 Å². The van der Waals surface area contributed by atoms with E-state index in [1.165, 1.54) is 0 Å². The number of rotatable bonds is 9. The summed E-state index contributed by atoms with van der Waals surface area (Å²) in [6.07, 6.45) is 3.56. The van der Waals surface area contributed by atoms with Gasteiger partial charge in [-0.05, 0) is 63.0 Å². The normalized spacial score (nSPS) is 22.4. The first-order chi connectivity index (χ1) is 16.2. The highest BCUT2D eigenvalue weighted by atomic mass is 32.2. The van der Waals surface area contributed by atoms with Crippen LogP contribution in [-0.4, -0.2) is 64.0 Å². The molecule has 1 aliphatic heterocycles. The Morgan fingerprint density at radius 3 is 2.26 bits per heavy atom. The Morgan fingerprint density at radius 1 is 1.06 bits per heavy atom. The van der Waals surface area contributed by atoms with Crippen LogP contribution in [0, 0.1) is 24.7 Å². The van der Waals surface area contributed by atoms with Gasteiger partial charge in [-0.1, -0.05) is 31.5 Å². The third kappa shape index (κ3) is 7.52. The topological polar surface area (TPSA) is 105 Å². The molecule has 0 aromatic heterocycles. The summed E-state index contributed by atoms with van der Waals surface area (Å²) in [5.41, 5.74) is 1.01. The maximum Gasteiger partial charge on any atom is 0.245 e. The van der Waals surface area contributed by atoms with Crippen molar-refractivity contribution in [2.45, 2.75) is 63.8 Å². The fraction of sp³-hybridized carbons (Fsp3) is 0.680. The molecule has 1 saturated carbocycles. The highest BCUT2D eigenvalue weighted by Crippen LogP contribution is 2.29. The molecular weight excluding hydrogens is 454 g/mol. The highest BCUT2D eigenvalue weighted by molar-refractivity contribution is 7.89. The first kappa shape index (κ1) is 26.6. The van der Waals surface area contributed by atoms with Crippen LogP contribution in [0.3, 0.4) is 0 Å². The number of sulfonamides is 1. The lowest BCUT2D eigenvalue weighted by Gasteiger charge is -2.33. The maximum atomic E-state index is 13.0. The molecule has 1 atom stereocenters. The number of aryl methyl sites for hydroxylation is 1. The van der Waals surface area contributed by atoms with E-state index in [9.17, 15) is 18.0 Å². The summed E-state index contributed by atoms with van der Waals surface area (Å²) in [6.45, 7) is 8.58. The van der Waals surface area contributed by atoms with Crippen molar-refractivity contribution in [2.24, 2.45) is 17.8 Å². The zero-order chi connectivity index (χ0) is 24.7. The van der Waals surface area contributed by atoms with Crippen molar-refractivity contribution in [3.8, 4) is 0 Å². The zero-order valence-electron chi connectivity index (χ0n) is 20.6. The van der Waals surface area contributed by atoms with E-state index in [2.05, 4.69) is 23.9 Å². The number of nitrogens with one attached hydrogen (secondary N) is 2. The predicted molar refractivity (Wildman–Crippen MR) is 131 cm³/mol. The van der Waals surface area contributed by atoms with Crippen LogP contribution in [0.5, 0.6) is 0 Å². The van der Waals surface area contributed by atoms with Crippen LogP contribution in [0.2, 0.25) is 0 Å². The standard InChI is InChI=1S/C25H39N3O5S/c1-18(2)16-23(25(30)28-12-14-33-15-13-28)27-24(29)21-8-6-20(7-9-21)17-26-34(31,32)22-10-4-19(3)5-11-22/h4-5,10-11,18,20-21,23,26H,6-9,12-17H2,1-3H3,(H,27,29). The summed E-state index contributed by atoms with van der Waals surface area (Å²) >= 11 is 0. The second-order valence-corrected chi connectivity index (χ2v) is 11.8. The molecule has 190 valence electrons. The number of hydrogen-bond donors (Lipinski definition) is 2. The number of hydrogen-bond acceptors (Lipinski definition) is 5. The Kier molecular flexibility index (Phi) is 9.50. The molecule has 8 nitrogen and oxygen atoms in total. The van der Waals surface area contributed by atoms with Crippen molar-refractivity contribution in [3.05, 3.63) is 29.8 Å². The molecule has 0 radical (unpaired) electrons. The van der Waals surface area contributed by atoms with Gasteiger partial charge in [0.05, 0.1) is 18.1 Å². The first-order valence-corrected chi connectivity index (χ1v) is 13.9. The second-order valence-electron chi connectivity index (χ2n) is 10.0. The van der Waals surface area contributed by atoms with E-state index in [1.807, 2.05) is 6.92 Å². The largest absolute Gasteiger partial charge is 0.378 e. The van der Waals surface area contributed by atoms with Crippen molar-refractivity contribution in [2.75, 3.05) is 32.8 Å². The van der Waals surface area contributed by atoms with Gasteiger partial charge in [0.1, 0.15) is 6.04 Å². The SMILES string of the molecule is Cc1ccc(S(=O)(=O)NCC2CCC(C(=O)NC(CC(C)C)C(=O)N3CCOCC3)CC2)cc1. The van der Waals surface area contributed by atoms with Gasteiger partial charge in [-0.25, -0.2) is 13.1 Å². The molecule has 1 heterocycles. The van der Waals surface area contributed by atoms with Gasteiger partial charge < -0.3 is 15.0 Å². The molecule has 1 aromatic rings. The lowest BCUT2D eigenvalue weighted by molar-refractivity contribution is -0.141. The summed E-state index contributed by atoms with van der Waals surface area (Å²) in [7, 11) is -3.53. The van der Waals surface area contributed by atoms with Gasteiger partial charge in [0.2, 0.25) is 21.8 Å². The Morgan fingerprint density at radius 2 is 1.68 bits per heavy atom. The number of amides is 2. The van der Waals surface area contributed by atoms with Crippen molar-refractivity contribution < 1.29 is 22.7 Å². The third-order valence-corrected chi connectivity index (χ3v) is 8.19. The zero-order valence-corrected chi connectivity index (χ0v) is 21.4. The van der Waals surface area contributed by atoms with Gasteiger partial charge in [-0.3, -0.25) is 9.59 Å². The molecule has 2 N–H and O–H groups in total. The van der Waals surface area contributed by atoms with E-state index in [4.69, 9.17) is 4.74 Å². The van der Waals surface area contributed by atoms with Crippen LogP contribution in [0.4, 0.5) is 0 Å². The minimum atomic E-state index is -3.53. The van der Waals surface area contributed by atoms with Crippen molar-refractivity contribution >= 4 is 21.8 Å². The summed E-state index contributed by atoms with van der Waals surface area (Å²) in [6, 6.07) is 6.29. The molecule has 3 rings (SSSR count). The van der Waals surface area contributed by atoms with Crippen molar-refractivity contribution in [3.63, 3.8) is 0 Å². The molecule has 0 bridgehead atoms. The molecule has 2 amide bonds. The van der Waals surface area contributed by atoms with E-state index in [1.54, 1.807) is 29.2 Å². The first-order valence-electron chi connectivity index (χ1n) is 12.4. The summed E-state index contributed by atoms with van der Waals surface area (Å²) in [4.78, 5) is 28.1. The average molecular weight is 494 g/mol. The second kappa shape index (κ2) is 12.1. The number of nitrogens with zero attached hydrogens (tertiary/aromatic N) is 1. The Labute approximate surface area is 203 Å². The van der Waals surface area contributed by atoms with Gasteiger partial charge in [-0.2, -0.15) is 0 Å². The maximum absolute atomic E-state index is 13.0. The van der Waals surface area contributed by atoms with Gasteiger partial charge in [-0.15, -0.1) is 0 Å². The quantitative estimate of drug-likeness (QED) is 0.550. The summed E-state index contributed by atoms with van der Waals surface area (Å²) in [5.74, 6) is 0.255. The number of benzene rings is 1. The van der Waals surface area contributed by atoms with Crippen LogP contribution < -0.4 is 10.0 Å². The fourth-order valence-electron chi connectivity index (χ4n) is 4.64. The Hall–Kier alpha value is -1.97. The lowest BCUT2D eigenvalue weighted by Crippen LogP contribution is -2.53. The summed E-state index contributed by atoms with van der Waals surface area (Å²) in [5, 5.41) is 3.03. The lowest BCUT2D eigenvalue weighted by atomic mass is 9.81. The average Bonchev–Trinajstić information content (AvgIpc) is 2.83. The fourth-order valence-corrected chi connectivity index (χ4v) is 5.76. The van der Waals surface area contributed by atoms with Crippen LogP contribution in [-0.2, 0) is 24.3 Å². The van der Waals surface area contributed by atoms with Crippen LogP contribution >= 0.6 is 0 Å². The van der Waals surface area contributed by atoms with E-state index < -0.39 is 16.1 Å². The van der Waals surface area contributed by atoms with Crippen LogP contribution in [0.1, 0.15) is 51.5 Å². The molecule has 9 heteroatoms. The van der Waals surface area contributed by atoms with E-state index in [0.29, 0.717) is 52.1 Å². The minimum absolute atomic E-state index is 0.0236. The van der Waals surface area contributed by atoms with Crippen molar-refractivity contribution in [1.82, 2.24) is 14.9 Å². The third-order valence-electron chi connectivity index (χ3n) is 6.76. The molecule has 1 aliphatic carbocycles. The monoisotopic (exact) mass is 493 g/mol. The Balaban J connectivity index is 1.48. The molecule has 34 heavy (non-hydrogen) atoms. The van der Waals surface area contributed by atoms with E-state index >= 15 is 0 Å². The van der Waals surface area contributed by atoms with Crippen LogP contribution in [0.15, 0.2) is 29.2 Å². The molecule has 0 spiro atoms. The van der Waals surface area contributed by atoms with E-state index in [-0.39, 0.29) is 34.5 Å². The molecule has 1 unspecified atom stereocenters. The Bertz CT molecular complexity index is 918.